The first-order valence-corrected chi connectivity index (χ1v) is 6.94. The van der Waals surface area contributed by atoms with Gasteiger partial charge in [0.05, 0.1) is 18.5 Å². The molecular weight excluding hydrogens is 254 g/mol. The van der Waals surface area contributed by atoms with Crippen LogP contribution in [0.5, 0.6) is 0 Å². The van der Waals surface area contributed by atoms with E-state index in [4.69, 9.17) is 8.83 Å². The van der Waals surface area contributed by atoms with Crippen LogP contribution in [0.15, 0.2) is 33.5 Å². The molecular formula is C15H23N3O2. The average Bonchev–Trinajstić information content (AvgIpc) is 3.04. The molecule has 0 aliphatic rings. The van der Waals surface area contributed by atoms with Crippen LogP contribution < -0.4 is 10.2 Å². The Labute approximate surface area is 120 Å². The first-order chi connectivity index (χ1) is 9.48. The molecule has 0 bridgehead atoms. The largest absolute Gasteiger partial charge is 0.467 e. The van der Waals surface area contributed by atoms with E-state index >= 15 is 0 Å². The number of furan rings is 1. The van der Waals surface area contributed by atoms with Gasteiger partial charge in [-0.3, -0.25) is 0 Å². The number of nitrogens with one attached hydrogen (secondary N) is 1. The summed E-state index contributed by atoms with van der Waals surface area (Å²) >= 11 is 0. The summed E-state index contributed by atoms with van der Waals surface area (Å²) in [5, 5.41) is 3.39. The molecule has 2 aromatic heterocycles. The lowest BCUT2D eigenvalue weighted by Crippen LogP contribution is -2.35. The average molecular weight is 277 g/mol. The lowest BCUT2D eigenvalue weighted by Gasteiger charge is -2.19. The molecule has 5 nitrogen and oxygen atoms in total. The second kappa shape index (κ2) is 6.13. The van der Waals surface area contributed by atoms with Crippen LogP contribution in [-0.2, 0) is 13.1 Å². The first kappa shape index (κ1) is 14.7. The van der Waals surface area contributed by atoms with E-state index in [2.05, 4.69) is 38.0 Å². The van der Waals surface area contributed by atoms with Gasteiger partial charge in [0.1, 0.15) is 12.0 Å². The number of oxazole rings is 1. The van der Waals surface area contributed by atoms with E-state index in [0.717, 1.165) is 18.0 Å². The summed E-state index contributed by atoms with van der Waals surface area (Å²) in [6.45, 7) is 10.6. The maximum absolute atomic E-state index is 5.56. The molecule has 0 atom stereocenters. The van der Waals surface area contributed by atoms with Crippen LogP contribution in [0.2, 0.25) is 0 Å². The molecule has 0 spiro atoms. The molecule has 1 N–H and O–H groups in total. The topological polar surface area (TPSA) is 54.4 Å². The van der Waals surface area contributed by atoms with E-state index in [1.807, 2.05) is 17.0 Å². The highest BCUT2D eigenvalue weighted by Crippen LogP contribution is 2.17. The van der Waals surface area contributed by atoms with Gasteiger partial charge < -0.3 is 19.1 Å². The van der Waals surface area contributed by atoms with Gasteiger partial charge in [-0.05, 0) is 39.8 Å². The SMILES string of the molecule is CCN(Cc1ccco1)c1nc(CNC(C)(C)C)co1. The van der Waals surface area contributed by atoms with Gasteiger partial charge in [0.15, 0.2) is 0 Å². The predicted octanol–water partition coefficient (Wildman–Crippen LogP) is 3.18. The van der Waals surface area contributed by atoms with Crippen LogP contribution in [0.3, 0.4) is 0 Å². The smallest absolute Gasteiger partial charge is 0.297 e. The Balaban J connectivity index is 1.99. The zero-order chi connectivity index (χ0) is 14.6. The fourth-order valence-electron chi connectivity index (χ4n) is 1.78. The van der Waals surface area contributed by atoms with Gasteiger partial charge in [0.25, 0.3) is 6.01 Å². The van der Waals surface area contributed by atoms with Crippen LogP contribution >= 0.6 is 0 Å². The normalized spacial score (nSPS) is 11.8. The second-order valence-electron chi connectivity index (χ2n) is 5.82. The Morgan fingerprint density at radius 1 is 1.30 bits per heavy atom. The van der Waals surface area contributed by atoms with Gasteiger partial charge in [-0.2, -0.15) is 4.98 Å². The zero-order valence-corrected chi connectivity index (χ0v) is 12.6. The van der Waals surface area contributed by atoms with Crippen LogP contribution in [-0.4, -0.2) is 17.1 Å². The van der Waals surface area contributed by atoms with Crippen LogP contribution in [0.4, 0.5) is 6.01 Å². The molecule has 110 valence electrons. The van der Waals surface area contributed by atoms with Gasteiger partial charge in [-0.1, -0.05) is 0 Å². The van der Waals surface area contributed by atoms with Gasteiger partial charge in [0.2, 0.25) is 0 Å². The molecule has 20 heavy (non-hydrogen) atoms. The molecule has 0 amide bonds. The Hall–Kier alpha value is -1.75. The zero-order valence-electron chi connectivity index (χ0n) is 12.6. The Bertz CT molecular complexity index is 511. The maximum Gasteiger partial charge on any atom is 0.297 e. The van der Waals surface area contributed by atoms with Crippen molar-refractivity contribution in [3.8, 4) is 0 Å². The molecule has 2 heterocycles. The molecule has 0 aliphatic heterocycles. The third-order valence-electron chi connectivity index (χ3n) is 2.92. The minimum atomic E-state index is 0.0672. The van der Waals surface area contributed by atoms with Crippen LogP contribution in [0.1, 0.15) is 39.1 Å². The van der Waals surface area contributed by atoms with Crippen molar-refractivity contribution in [1.82, 2.24) is 10.3 Å². The number of hydrogen-bond acceptors (Lipinski definition) is 5. The minimum absolute atomic E-state index is 0.0672. The Morgan fingerprint density at radius 2 is 2.10 bits per heavy atom. The van der Waals surface area contributed by atoms with E-state index in [9.17, 15) is 0 Å². The third-order valence-corrected chi connectivity index (χ3v) is 2.92. The van der Waals surface area contributed by atoms with Crippen molar-refractivity contribution < 1.29 is 8.83 Å². The molecule has 0 fully saturated rings. The number of hydrogen-bond donors (Lipinski definition) is 1. The number of rotatable bonds is 6. The fourth-order valence-corrected chi connectivity index (χ4v) is 1.78. The predicted molar refractivity (Wildman–Crippen MR) is 78.5 cm³/mol. The fraction of sp³-hybridized carbons (Fsp3) is 0.533. The maximum atomic E-state index is 5.56. The molecule has 0 aromatic carbocycles. The van der Waals surface area contributed by atoms with Crippen molar-refractivity contribution in [3.05, 3.63) is 36.1 Å². The van der Waals surface area contributed by atoms with Crippen molar-refractivity contribution in [1.29, 1.82) is 0 Å². The molecule has 0 unspecified atom stereocenters. The van der Waals surface area contributed by atoms with Crippen molar-refractivity contribution in [2.24, 2.45) is 0 Å². The Kier molecular flexibility index (Phi) is 4.49. The highest BCUT2D eigenvalue weighted by molar-refractivity contribution is 5.27. The standard InChI is InChI=1S/C15H23N3O2/c1-5-18(10-13-7-6-8-19-13)14-17-12(11-20-14)9-16-15(2,3)4/h6-8,11,16H,5,9-10H2,1-4H3. The lowest BCUT2D eigenvalue weighted by molar-refractivity contribution is 0.421. The number of anilines is 1. The van der Waals surface area contributed by atoms with Crippen LogP contribution in [0, 0.1) is 0 Å². The van der Waals surface area contributed by atoms with E-state index in [-0.39, 0.29) is 5.54 Å². The monoisotopic (exact) mass is 277 g/mol. The van der Waals surface area contributed by atoms with E-state index in [1.165, 1.54) is 0 Å². The highest BCUT2D eigenvalue weighted by Gasteiger charge is 2.15. The van der Waals surface area contributed by atoms with Gasteiger partial charge in [-0.15, -0.1) is 0 Å². The summed E-state index contributed by atoms with van der Waals surface area (Å²) in [6.07, 6.45) is 3.39. The molecule has 0 saturated heterocycles. The molecule has 0 saturated carbocycles. The molecule has 0 aliphatic carbocycles. The summed E-state index contributed by atoms with van der Waals surface area (Å²) in [5.74, 6) is 0.902. The van der Waals surface area contributed by atoms with Gasteiger partial charge >= 0.3 is 0 Å². The number of aromatic nitrogens is 1. The van der Waals surface area contributed by atoms with Crippen molar-refractivity contribution in [2.45, 2.75) is 46.3 Å². The molecule has 2 aromatic rings. The summed E-state index contributed by atoms with van der Waals surface area (Å²) < 4.78 is 10.9. The van der Waals surface area contributed by atoms with Crippen LogP contribution in [0.25, 0.3) is 0 Å². The minimum Gasteiger partial charge on any atom is -0.467 e. The van der Waals surface area contributed by atoms with E-state index < -0.39 is 0 Å². The van der Waals surface area contributed by atoms with Crippen molar-refractivity contribution in [3.63, 3.8) is 0 Å². The third kappa shape index (κ3) is 4.13. The van der Waals surface area contributed by atoms with Crippen molar-refractivity contribution >= 4 is 6.01 Å². The number of nitrogens with zero attached hydrogens (tertiary/aromatic N) is 2. The first-order valence-electron chi connectivity index (χ1n) is 6.94. The van der Waals surface area contributed by atoms with Gasteiger partial charge in [0, 0.05) is 18.6 Å². The van der Waals surface area contributed by atoms with Gasteiger partial charge in [-0.25, -0.2) is 0 Å². The molecule has 5 heteroatoms. The summed E-state index contributed by atoms with van der Waals surface area (Å²) in [5.41, 5.74) is 0.977. The lowest BCUT2D eigenvalue weighted by atomic mass is 10.1. The highest BCUT2D eigenvalue weighted by atomic mass is 16.4. The molecule has 0 radical (unpaired) electrons. The second-order valence-corrected chi connectivity index (χ2v) is 5.82. The van der Waals surface area contributed by atoms with E-state index in [1.54, 1.807) is 12.5 Å². The van der Waals surface area contributed by atoms with E-state index in [0.29, 0.717) is 19.1 Å². The quantitative estimate of drug-likeness (QED) is 0.879. The summed E-state index contributed by atoms with van der Waals surface area (Å²) in [6, 6.07) is 4.47. The molecule has 2 rings (SSSR count). The van der Waals surface area contributed by atoms with Crippen molar-refractivity contribution in [2.75, 3.05) is 11.4 Å². The Morgan fingerprint density at radius 3 is 2.70 bits per heavy atom. The summed E-state index contributed by atoms with van der Waals surface area (Å²) in [4.78, 5) is 6.56. The summed E-state index contributed by atoms with van der Waals surface area (Å²) in [7, 11) is 0.